The average Bonchev–Trinajstić information content (AvgIpc) is 3.15. The number of hydrogen-bond acceptors (Lipinski definition) is 2. The van der Waals surface area contributed by atoms with Crippen molar-refractivity contribution in [3.8, 4) is 12.1 Å². The zero-order valence-corrected chi connectivity index (χ0v) is 14.4. The van der Waals surface area contributed by atoms with Crippen molar-refractivity contribution in [2.45, 2.75) is 6.18 Å². The second-order valence-electron chi connectivity index (χ2n) is 4.22. The predicted octanol–water partition coefficient (Wildman–Crippen LogP) is 5.40. The summed E-state index contributed by atoms with van der Waals surface area (Å²) in [5.74, 6) is 0. The van der Waals surface area contributed by atoms with Crippen molar-refractivity contribution in [2.75, 3.05) is 0 Å². The maximum atomic E-state index is 13.0. The molecule has 0 aliphatic heterocycles. The number of allylic oxidation sites excluding steroid dienone is 5. The maximum Gasteiger partial charge on any atom is 0.426 e. The third kappa shape index (κ3) is 3.11. The van der Waals surface area contributed by atoms with Crippen molar-refractivity contribution in [3.63, 3.8) is 0 Å². The first-order valence-corrected chi connectivity index (χ1v) is 7.67. The van der Waals surface area contributed by atoms with Gasteiger partial charge in [-0.1, -0.05) is 30.3 Å². The van der Waals surface area contributed by atoms with Crippen LogP contribution in [-0.4, -0.2) is 6.18 Å². The normalized spacial score (nSPS) is 20.7. The molecule has 0 saturated heterocycles. The average molecular weight is 477 g/mol. The number of nitriles is 2. The minimum absolute atomic E-state index is 0.121. The van der Waals surface area contributed by atoms with E-state index in [1.54, 1.807) is 30.3 Å². The summed E-state index contributed by atoms with van der Waals surface area (Å²) in [4.78, 5) is 0. The van der Waals surface area contributed by atoms with Crippen molar-refractivity contribution < 1.29 is 13.2 Å². The third-order valence-corrected chi connectivity index (χ3v) is 3.88. The Morgan fingerprint density at radius 2 is 1.59 bits per heavy atom. The largest absolute Gasteiger partial charge is 0.426 e. The Morgan fingerprint density at radius 1 is 1.00 bits per heavy atom. The van der Waals surface area contributed by atoms with Crippen molar-refractivity contribution in [2.24, 2.45) is 0 Å². The second-order valence-corrected chi connectivity index (χ2v) is 7.58. The van der Waals surface area contributed by atoms with E-state index >= 15 is 0 Å². The lowest BCUT2D eigenvalue weighted by molar-refractivity contribution is -0.0875. The van der Waals surface area contributed by atoms with E-state index in [-0.39, 0.29) is 22.3 Å². The molecule has 0 radical (unpaired) electrons. The van der Waals surface area contributed by atoms with Crippen LogP contribution >= 0.6 is 38.5 Å². The van der Waals surface area contributed by atoms with Crippen LogP contribution in [0.3, 0.4) is 0 Å². The van der Waals surface area contributed by atoms with E-state index in [4.69, 9.17) is 5.26 Å². The monoisotopic (exact) mass is 476 g/mol. The molecule has 0 N–H and O–H groups in total. The smallest absolute Gasteiger partial charge is 0.192 e. The predicted molar refractivity (Wildman–Crippen MR) is 87.6 cm³/mol. The van der Waals surface area contributed by atoms with Crippen LogP contribution < -0.4 is 0 Å². The molecule has 2 rings (SSSR count). The van der Waals surface area contributed by atoms with Crippen LogP contribution in [-0.2, 0) is 0 Å². The highest BCUT2D eigenvalue weighted by molar-refractivity contribution is 14.1. The summed E-state index contributed by atoms with van der Waals surface area (Å²) < 4.78 is 39.3. The Bertz CT molecular complexity index is 802. The number of rotatable bonds is 1. The number of benzene rings is 1. The molecular weight excluding hydrogens is 472 g/mol. The van der Waals surface area contributed by atoms with Gasteiger partial charge >= 0.3 is 6.18 Å². The first kappa shape index (κ1) is 16.8. The first-order chi connectivity index (χ1) is 10.3. The molecule has 0 amide bonds. The minimum Gasteiger partial charge on any atom is -0.192 e. The summed E-state index contributed by atoms with van der Waals surface area (Å²) in [7, 11) is 0. The lowest BCUT2D eigenvalue weighted by Gasteiger charge is -2.01. The molecule has 110 valence electrons. The Kier molecular flexibility index (Phi) is 4.78. The van der Waals surface area contributed by atoms with E-state index in [0.29, 0.717) is 8.05 Å². The Labute approximate surface area is 146 Å². The van der Waals surface area contributed by atoms with Crippen molar-refractivity contribution in [1.82, 2.24) is 0 Å². The third-order valence-electron chi connectivity index (χ3n) is 2.95. The van der Waals surface area contributed by atoms with Gasteiger partial charge in [0.05, 0.1) is 8.06 Å². The molecule has 1 aromatic rings. The Balaban J connectivity index is 2.79. The SMILES string of the molecule is N#CC(=C1C(=C(Br)I)C1=C(C#N)C(F)(F)F)c1ccccc1. The minimum atomic E-state index is -4.76. The molecule has 0 spiro atoms. The van der Waals surface area contributed by atoms with Crippen molar-refractivity contribution in [1.29, 1.82) is 10.5 Å². The summed E-state index contributed by atoms with van der Waals surface area (Å²) >= 11 is 4.94. The van der Waals surface area contributed by atoms with Crippen LogP contribution in [0.25, 0.3) is 5.57 Å². The molecule has 7 heteroatoms. The summed E-state index contributed by atoms with van der Waals surface area (Å²) in [5.41, 5.74) is -0.432. The van der Waals surface area contributed by atoms with E-state index in [2.05, 4.69) is 15.9 Å². The fourth-order valence-corrected chi connectivity index (χ4v) is 2.94. The van der Waals surface area contributed by atoms with Gasteiger partial charge in [0.25, 0.3) is 0 Å². The summed E-state index contributed by atoms with van der Waals surface area (Å²) in [6, 6.07) is 11.5. The van der Waals surface area contributed by atoms with Crippen molar-refractivity contribution in [3.05, 3.63) is 60.7 Å². The topological polar surface area (TPSA) is 47.6 Å². The lowest BCUT2D eigenvalue weighted by atomic mass is 10.1. The number of alkyl halides is 3. The van der Waals surface area contributed by atoms with Crippen LogP contribution in [0.2, 0.25) is 0 Å². The molecule has 0 aromatic heterocycles. The zero-order valence-electron chi connectivity index (χ0n) is 10.7. The van der Waals surface area contributed by atoms with Gasteiger partial charge in [0.2, 0.25) is 0 Å². The molecule has 0 bridgehead atoms. The van der Waals surface area contributed by atoms with Gasteiger partial charge < -0.3 is 0 Å². The molecule has 2 nitrogen and oxygen atoms in total. The van der Waals surface area contributed by atoms with E-state index in [1.165, 1.54) is 6.07 Å². The molecule has 1 aromatic carbocycles. The molecule has 1 fully saturated rings. The van der Waals surface area contributed by atoms with Gasteiger partial charge in [-0.25, -0.2) is 0 Å². The van der Waals surface area contributed by atoms with Crippen LogP contribution in [0.5, 0.6) is 0 Å². The summed E-state index contributed by atoms with van der Waals surface area (Å²) in [6.45, 7) is 0. The fourth-order valence-electron chi connectivity index (χ4n) is 2.01. The van der Waals surface area contributed by atoms with Gasteiger partial charge in [0.1, 0.15) is 17.7 Å². The van der Waals surface area contributed by atoms with Gasteiger partial charge in [-0.2, -0.15) is 23.7 Å². The molecule has 0 heterocycles. The van der Waals surface area contributed by atoms with Crippen LogP contribution in [0.1, 0.15) is 5.56 Å². The Morgan fingerprint density at radius 3 is 2.00 bits per heavy atom. The fraction of sp³-hybridized carbons (Fsp3) is 0.0667. The molecule has 1 aliphatic rings. The van der Waals surface area contributed by atoms with Crippen LogP contribution in [0, 0.1) is 22.7 Å². The van der Waals surface area contributed by atoms with Gasteiger partial charge in [0, 0.05) is 16.7 Å². The molecule has 22 heavy (non-hydrogen) atoms. The van der Waals surface area contributed by atoms with Crippen LogP contribution in [0.15, 0.2) is 55.1 Å². The number of nitrogens with zero attached hydrogens (tertiary/aromatic N) is 2. The van der Waals surface area contributed by atoms with Gasteiger partial charge in [0.15, 0.2) is 0 Å². The van der Waals surface area contributed by atoms with E-state index in [9.17, 15) is 18.4 Å². The highest BCUT2D eigenvalue weighted by Crippen LogP contribution is 2.56. The number of hydrogen-bond donors (Lipinski definition) is 0. The van der Waals surface area contributed by atoms with Crippen LogP contribution in [0.4, 0.5) is 13.2 Å². The first-order valence-electron chi connectivity index (χ1n) is 5.80. The van der Waals surface area contributed by atoms with Gasteiger partial charge in [-0.15, -0.1) is 0 Å². The number of halogens is 5. The molecule has 1 aliphatic carbocycles. The quantitative estimate of drug-likeness (QED) is 0.402. The molecule has 0 unspecified atom stereocenters. The summed E-state index contributed by atoms with van der Waals surface area (Å²) in [6.07, 6.45) is -4.76. The highest BCUT2D eigenvalue weighted by atomic mass is 127. The Hall–Kier alpha value is -1.58. The molecule has 1 saturated carbocycles. The zero-order chi connectivity index (χ0) is 16.5. The van der Waals surface area contributed by atoms with Gasteiger partial charge in [-0.05, 0) is 44.1 Å². The van der Waals surface area contributed by atoms with E-state index in [0.717, 1.165) is 0 Å². The summed E-state index contributed by atoms with van der Waals surface area (Å²) in [5, 5.41) is 18.2. The maximum absolute atomic E-state index is 13.0. The highest BCUT2D eigenvalue weighted by Gasteiger charge is 2.47. The standard InChI is InChI=1S/C15H5BrF3IN2/c16-14(20)13-11(12(13)10(7-22)15(17,18)19)9(6-21)8-4-2-1-3-5-8/h1-5H. The van der Waals surface area contributed by atoms with Gasteiger partial charge in [-0.3, -0.25) is 0 Å². The molecule has 0 atom stereocenters. The lowest BCUT2D eigenvalue weighted by Crippen LogP contribution is -2.10. The van der Waals surface area contributed by atoms with Crippen molar-refractivity contribution >= 4 is 44.1 Å². The van der Waals surface area contributed by atoms with E-state index < -0.39 is 11.7 Å². The molecular formula is C15H5BrF3IN2. The van der Waals surface area contributed by atoms with E-state index in [1.807, 2.05) is 28.7 Å². The second kappa shape index (κ2) is 6.27.